The number of thiophene rings is 1. The van der Waals surface area contributed by atoms with Gasteiger partial charge in [-0.3, -0.25) is 4.79 Å². The Morgan fingerprint density at radius 1 is 1.55 bits per heavy atom. The Hall–Kier alpha value is -1.56. The van der Waals surface area contributed by atoms with Crippen molar-refractivity contribution >= 4 is 23.3 Å². The number of likely N-dealkylation sites (tertiary alicyclic amines) is 1. The van der Waals surface area contributed by atoms with E-state index in [1.54, 1.807) is 16.2 Å². The van der Waals surface area contributed by atoms with Gasteiger partial charge in [-0.25, -0.2) is 4.79 Å². The third-order valence-electron chi connectivity index (χ3n) is 3.68. The molecule has 20 heavy (non-hydrogen) atoms. The summed E-state index contributed by atoms with van der Waals surface area (Å²) in [6.45, 7) is 3.57. The zero-order valence-corrected chi connectivity index (χ0v) is 12.4. The Labute approximate surface area is 122 Å². The fourth-order valence-electron chi connectivity index (χ4n) is 2.47. The molecule has 0 aliphatic carbocycles. The first-order valence-corrected chi connectivity index (χ1v) is 7.80. The van der Waals surface area contributed by atoms with Gasteiger partial charge in [0.1, 0.15) is 0 Å². The van der Waals surface area contributed by atoms with E-state index in [1.165, 1.54) is 10.4 Å². The average molecular weight is 296 g/mol. The van der Waals surface area contributed by atoms with Gasteiger partial charge in [0.15, 0.2) is 0 Å². The van der Waals surface area contributed by atoms with Crippen molar-refractivity contribution in [3.63, 3.8) is 0 Å². The maximum absolute atomic E-state index is 12.1. The van der Waals surface area contributed by atoms with Crippen molar-refractivity contribution in [1.82, 2.24) is 10.2 Å². The van der Waals surface area contributed by atoms with Gasteiger partial charge in [-0.2, -0.15) is 0 Å². The molecule has 6 heteroatoms. The predicted octanol–water partition coefficient (Wildman–Crippen LogP) is 2.32. The van der Waals surface area contributed by atoms with Crippen molar-refractivity contribution in [2.24, 2.45) is 5.92 Å². The first kappa shape index (κ1) is 14.8. The highest BCUT2D eigenvalue weighted by Gasteiger charge is 2.27. The van der Waals surface area contributed by atoms with Crippen LogP contribution in [0.1, 0.15) is 30.2 Å². The van der Waals surface area contributed by atoms with E-state index in [-0.39, 0.29) is 6.03 Å². The highest BCUT2D eigenvalue weighted by molar-refractivity contribution is 7.10. The molecule has 2 rings (SSSR count). The van der Waals surface area contributed by atoms with Gasteiger partial charge in [-0.15, -0.1) is 11.3 Å². The molecule has 1 saturated heterocycles. The number of rotatable bonds is 4. The van der Waals surface area contributed by atoms with Crippen LogP contribution < -0.4 is 5.32 Å². The molecular formula is C14H20N2O3S. The topological polar surface area (TPSA) is 69.6 Å². The number of piperidine rings is 1. The van der Waals surface area contributed by atoms with Gasteiger partial charge in [-0.05, 0) is 36.3 Å². The second-order valence-electron chi connectivity index (χ2n) is 5.00. The van der Waals surface area contributed by atoms with Gasteiger partial charge in [0, 0.05) is 18.0 Å². The summed E-state index contributed by atoms with van der Waals surface area (Å²) in [4.78, 5) is 25.9. The van der Waals surface area contributed by atoms with Gasteiger partial charge < -0.3 is 15.3 Å². The molecule has 1 aliphatic heterocycles. The normalized spacial score (nSPS) is 18.9. The molecule has 2 amide bonds. The highest BCUT2D eigenvalue weighted by Crippen LogP contribution is 2.19. The Balaban J connectivity index is 1.87. The van der Waals surface area contributed by atoms with Gasteiger partial charge in [0.25, 0.3) is 0 Å². The fourth-order valence-corrected chi connectivity index (χ4v) is 3.38. The molecule has 110 valence electrons. The van der Waals surface area contributed by atoms with E-state index < -0.39 is 11.9 Å². The molecular weight excluding hydrogens is 276 g/mol. The van der Waals surface area contributed by atoms with Crippen LogP contribution in [0, 0.1) is 5.92 Å². The minimum Gasteiger partial charge on any atom is -0.481 e. The van der Waals surface area contributed by atoms with E-state index in [0.717, 1.165) is 12.8 Å². The van der Waals surface area contributed by atoms with E-state index >= 15 is 0 Å². The first-order valence-electron chi connectivity index (χ1n) is 6.92. The lowest BCUT2D eigenvalue weighted by molar-refractivity contribution is -0.143. The summed E-state index contributed by atoms with van der Waals surface area (Å²) < 4.78 is 0. The second-order valence-corrected chi connectivity index (χ2v) is 6.01. The minimum atomic E-state index is -0.811. The molecule has 1 atom stereocenters. The van der Waals surface area contributed by atoms with Crippen molar-refractivity contribution in [2.45, 2.75) is 32.7 Å². The average Bonchev–Trinajstić information content (AvgIpc) is 2.92. The summed E-state index contributed by atoms with van der Waals surface area (Å²) >= 11 is 1.64. The number of aliphatic carboxylic acids is 1. The lowest BCUT2D eigenvalue weighted by atomic mass is 9.99. The molecule has 1 aliphatic rings. The number of hydrogen-bond donors (Lipinski definition) is 2. The molecule has 1 fully saturated rings. The van der Waals surface area contributed by atoms with E-state index in [9.17, 15) is 9.59 Å². The molecule has 1 aromatic heterocycles. The van der Waals surface area contributed by atoms with E-state index in [1.807, 2.05) is 5.38 Å². The van der Waals surface area contributed by atoms with Crippen LogP contribution >= 0.6 is 11.3 Å². The molecule has 0 radical (unpaired) electrons. The summed E-state index contributed by atoms with van der Waals surface area (Å²) in [6.07, 6.45) is 2.37. The number of nitrogens with zero attached hydrogens (tertiary/aromatic N) is 1. The third-order valence-corrected chi connectivity index (χ3v) is 4.64. The maximum atomic E-state index is 12.1. The number of nitrogens with one attached hydrogen (secondary N) is 1. The van der Waals surface area contributed by atoms with Crippen LogP contribution in [0.15, 0.2) is 11.4 Å². The molecule has 0 aromatic carbocycles. The molecule has 0 bridgehead atoms. The van der Waals surface area contributed by atoms with Crippen molar-refractivity contribution < 1.29 is 14.7 Å². The number of amides is 2. The van der Waals surface area contributed by atoms with Gasteiger partial charge in [0.05, 0.1) is 12.5 Å². The lowest BCUT2D eigenvalue weighted by Crippen LogP contribution is -2.46. The number of carboxylic acid groups (broad SMARTS) is 1. The van der Waals surface area contributed by atoms with Crippen LogP contribution in [0.25, 0.3) is 0 Å². The first-order chi connectivity index (χ1) is 9.61. The number of hydrogen-bond acceptors (Lipinski definition) is 3. The third kappa shape index (κ3) is 3.50. The van der Waals surface area contributed by atoms with Crippen LogP contribution in [0.5, 0.6) is 0 Å². The molecule has 2 N–H and O–H groups in total. The number of urea groups is 1. The minimum absolute atomic E-state index is 0.161. The van der Waals surface area contributed by atoms with Gasteiger partial charge in [-0.1, -0.05) is 6.92 Å². The summed E-state index contributed by atoms with van der Waals surface area (Å²) in [5.41, 5.74) is 1.26. The summed E-state index contributed by atoms with van der Waals surface area (Å²) in [7, 11) is 0. The van der Waals surface area contributed by atoms with Crippen molar-refractivity contribution in [2.75, 3.05) is 13.1 Å². The summed E-state index contributed by atoms with van der Waals surface area (Å²) in [6, 6.07) is 1.92. The molecule has 0 saturated carbocycles. The van der Waals surface area contributed by atoms with Crippen LogP contribution in [0.2, 0.25) is 0 Å². The van der Waals surface area contributed by atoms with Crippen molar-refractivity contribution in [3.8, 4) is 0 Å². The maximum Gasteiger partial charge on any atom is 0.317 e. The Bertz CT molecular complexity index is 487. The van der Waals surface area contributed by atoms with Crippen molar-refractivity contribution in [3.05, 3.63) is 21.9 Å². The van der Waals surface area contributed by atoms with Crippen LogP contribution in [0.4, 0.5) is 4.79 Å². The second kappa shape index (κ2) is 6.74. The quantitative estimate of drug-likeness (QED) is 0.896. The van der Waals surface area contributed by atoms with Crippen LogP contribution in [0.3, 0.4) is 0 Å². The molecule has 5 nitrogen and oxygen atoms in total. The monoisotopic (exact) mass is 296 g/mol. The number of carbonyl (C=O) groups excluding carboxylic acids is 1. The van der Waals surface area contributed by atoms with Gasteiger partial charge >= 0.3 is 12.0 Å². The molecule has 1 aromatic rings. The summed E-state index contributed by atoms with van der Waals surface area (Å²) in [5, 5.41) is 14.0. The van der Waals surface area contributed by atoms with E-state index in [4.69, 9.17) is 5.11 Å². The predicted molar refractivity (Wildman–Crippen MR) is 77.9 cm³/mol. The zero-order chi connectivity index (χ0) is 14.5. The fraction of sp³-hybridized carbons (Fsp3) is 0.571. The SMILES string of the molecule is CCc1ccsc1CNC(=O)N1CCCC(C(=O)O)C1. The Morgan fingerprint density at radius 3 is 3.05 bits per heavy atom. The van der Waals surface area contributed by atoms with Crippen molar-refractivity contribution in [1.29, 1.82) is 0 Å². The lowest BCUT2D eigenvalue weighted by Gasteiger charge is -2.30. The van der Waals surface area contributed by atoms with Gasteiger partial charge in [0.2, 0.25) is 0 Å². The molecule has 0 spiro atoms. The smallest absolute Gasteiger partial charge is 0.317 e. The molecule has 1 unspecified atom stereocenters. The number of carbonyl (C=O) groups is 2. The highest BCUT2D eigenvalue weighted by atomic mass is 32.1. The van der Waals surface area contributed by atoms with Crippen LogP contribution in [-0.4, -0.2) is 35.1 Å². The van der Waals surface area contributed by atoms with Crippen LogP contribution in [-0.2, 0) is 17.8 Å². The Kier molecular flexibility index (Phi) is 5.00. The van der Waals surface area contributed by atoms with E-state index in [0.29, 0.717) is 26.1 Å². The number of carboxylic acids is 1. The largest absolute Gasteiger partial charge is 0.481 e. The van der Waals surface area contributed by atoms with E-state index in [2.05, 4.69) is 18.3 Å². The molecule has 2 heterocycles. The number of aryl methyl sites for hydroxylation is 1. The summed E-state index contributed by atoms with van der Waals surface area (Å²) in [5.74, 6) is -1.24. The zero-order valence-electron chi connectivity index (χ0n) is 11.6. The Morgan fingerprint density at radius 2 is 2.35 bits per heavy atom. The standard InChI is InChI=1S/C14H20N2O3S/c1-2-10-5-7-20-12(10)8-15-14(19)16-6-3-4-11(9-16)13(17)18/h5,7,11H,2-4,6,8-9H2,1H3,(H,15,19)(H,17,18).